The zero-order chi connectivity index (χ0) is 16.4. The molecule has 0 radical (unpaired) electrons. The van der Waals surface area contributed by atoms with Crippen LogP contribution >= 0.6 is 0 Å². The number of aromatic amines is 1. The monoisotopic (exact) mass is 309 g/mol. The second-order valence-corrected chi connectivity index (χ2v) is 5.74. The number of aryl methyl sites for hydroxylation is 1. The number of carboxylic acids is 2. The Kier molecular flexibility index (Phi) is 8.33. The van der Waals surface area contributed by atoms with Gasteiger partial charge in [-0.1, -0.05) is 58.3 Å². The minimum atomic E-state index is -1.20. The molecule has 0 aliphatic carbocycles. The van der Waals surface area contributed by atoms with Gasteiger partial charge in [0.1, 0.15) is 0 Å². The molecule has 1 heterocycles. The van der Waals surface area contributed by atoms with Crippen LogP contribution in [0.4, 0.5) is 0 Å². The largest absolute Gasteiger partial charge is 0.478 e. The number of unbranched alkanes of at least 4 members (excludes halogenated alkanes) is 8. The van der Waals surface area contributed by atoms with Crippen molar-refractivity contribution in [1.29, 1.82) is 0 Å². The molecular formula is C17H27NO4. The first-order valence-electron chi connectivity index (χ1n) is 8.24. The maximum Gasteiger partial charge on any atom is 0.338 e. The number of rotatable bonds is 12. The lowest BCUT2D eigenvalue weighted by atomic mass is 10.0. The highest BCUT2D eigenvalue weighted by Crippen LogP contribution is 2.18. The van der Waals surface area contributed by atoms with Crippen molar-refractivity contribution < 1.29 is 19.8 Å². The lowest BCUT2D eigenvalue weighted by Gasteiger charge is -2.03. The lowest BCUT2D eigenvalue weighted by Crippen LogP contribution is -2.07. The molecule has 22 heavy (non-hydrogen) atoms. The quantitative estimate of drug-likeness (QED) is 0.496. The lowest BCUT2D eigenvalue weighted by molar-refractivity contribution is 0.0652. The van der Waals surface area contributed by atoms with E-state index in [2.05, 4.69) is 11.9 Å². The Morgan fingerprint density at radius 2 is 1.45 bits per heavy atom. The molecule has 5 nitrogen and oxygen atoms in total. The molecule has 1 rings (SSSR count). The molecule has 124 valence electrons. The van der Waals surface area contributed by atoms with Gasteiger partial charge in [-0.3, -0.25) is 0 Å². The molecule has 0 aliphatic rings. The van der Waals surface area contributed by atoms with E-state index in [1.165, 1.54) is 44.7 Å². The van der Waals surface area contributed by atoms with E-state index in [-0.39, 0.29) is 11.1 Å². The van der Waals surface area contributed by atoms with Gasteiger partial charge in [0, 0.05) is 11.9 Å². The highest BCUT2D eigenvalue weighted by atomic mass is 16.4. The van der Waals surface area contributed by atoms with Gasteiger partial charge in [0.15, 0.2) is 0 Å². The standard InChI is InChI=1S/C17H27NO4/c1-2-3-4-5-6-7-8-9-10-11-14-15(17(21)22)13(12-18-14)16(19)20/h12,18H,2-11H2,1H3,(H,19,20)(H,21,22). The maximum atomic E-state index is 11.2. The first-order valence-corrected chi connectivity index (χ1v) is 8.24. The van der Waals surface area contributed by atoms with Crippen molar-refractivity contribution in [2.45, 2.75) is 71.1 Å². The molecule has 0 spiro atoms. The first kappa shape index (κ1) is 18.3. The second-order valence-electron chi connectivity index (χ2n) is 5.74. The Hall–Kier alpha value is -1.78. The molecule has 0 bridgehead atoms. The third-order valence-electron chi connectivity index (χ3n) is 3.94. The van der Waals surface area contributed by atoms with Gasteiger partial charge < -0.3 is 15.2 Å². The van der Waals surface area contributed by atoms with Gasteiger partial charge in [-0.25, -0.2) is 9.59 Å². The smallest absolute Gasteiger partial charge is 0.338 e. The third kappa shape index (κ3) is 5.92. The molecule has 0 aromatic carbocycles. The number of nitrogens with one attached hydrogen (secondary N) is 1. The summed E-state index contributed by atoms with van der Waals surface area (Å²) in [6.45, 7) is 2.21. The van der Waals surface area contributed by atoms with Gasteiger partial charge in [-0.2, -0.15) is 0 Å². The van der Waals surface area contributed by atoms with Crippen LogP contribution in [-0.2, 0) is 6.42 Å². The molecule has 0 atom stereocenters. The van der Waals surface area contributed by atoms with Crippen LogP contribution < -0.4 is 0 Å². The SMILES string of the molecule is CCCCCCCCCCCc1[nH]cc(C(=O)O)c1C(=O)O. The van der Waals surface area contributed by atoms with E-state index in [4.69, 9.17) is 10.2 Å². The number of aromatic nitrogens is 1. The fraction of sp³-hybridized carbons (Fsp3) is 0.647. The molecule has 0 aliphatic heterocycles. The topological polar surface area (TPSA) is 90.4 Å². The summed E-state index contributed by atoms with van der Waals surface area (Å²) < 4.78 is 0. The average molecular weight is 309 g/mol. The van der Waals surface area contributed by atoms with E-state index < -0.39 is 11.9 Å². The third-order valence-corrected chi connectivity index (χ3v) is 3.94. The Morgan fingerprint density at radius 3 is 1.95 bits per heavy atom. The fourth-order valence-corrected chi connectivity index (χ4v) is 2.69. The van der Waals surface area contributed by atoms with Crippen molar-refractivity contribution in [2.24, 2.45) is 0 Å². The second kappa shape index (κ2) is 10.0. The van der Waals surface area contributed by atoms with Crippen molar-refractivity contribution in [3.63, 3.8) is 0 Å². The average Bonchev–Trinajstić information content (AvgIpc) is 2.90. The molecule has 0 fully saturated rings. The molecule has 0 unspecified atom stereocenters. The van der Waals surface area contributed by atoms with Crippen LogP contribution in [0.25, 0.3) is 0 Å². The summed E-state index contributed by atoms with van der Waals surface area (Å²) in [6, 6.07) is 0. The highest BCUT2D eigenvalue weighted by Gasteiger charge is 2.21. The van der Waals surface area contributed by atoms with E-state index in [0.717, 1.165) is 19.3 Å². The van der Waals surface area contributed by atoms with E-state index in [0.29, 0.717) is 12.1 Å². The molecule has 0 saturated heterocycles. The van der Waals surface area contributed by atoms with Gasteiger partial charge in [0.2, 0.25) is 0 Å². The molecule has 1 aromatic heterocycles. The predicted molar refractivity (Wildman–Crippen MR) is 85.6 cm³/mol. The van der Waals surface area contributed by atoms with Gasteiger partial charge in [-0.15, -0.1) is 0 Å². The van der Waals surface area contributed by atoms with Crippen molar-refractivity contribution in [1.82, 2.24) is 4.98 Å². The van der Waals surface area contributed by atoms with E-state index in [1.807, 2.05) is 0 Å². The molecule has 0 saturated carbocycles. The Morgan fingerprint density at radius 1 is 0.909 bits per heavy atom. The number of aromatic carboxylic acids is 2. The molecular weight excluding hydrogens is 282 g/mol. The molecule has 0 amide bonds. The van der Waals surface area contributed by atoms with E-state index >= 15 is 0 Å². The summed E-state index contributed by atoms with van der Waals surface area (Å²) in [7, 11) is 0. The van der Waals surface area contributed by atoms with E-state index in [1.54, 1.807) is 0 Å². The number of carboxylic acid groups (broad SMARTS) is 2. The highest BCUT2D eigenvalue weighted by molar-refractivity contribution is 6.02. The van der Waals surface area contributed by atoms with Gasteiger partial charge in [-0.05, 0) is 12.8 Å². The Balaban J connectivity index is 2.28. The number of hydrogen-bond donors (Lipinski definition) is 3. The zero-order valence-corrected chi connectivity index (χ0v) is 13.4. The van der Waals surface area contributed by atoms with Crippen LogP contribution in [0.15, 0.2) is 6.20 Å². The summed E-state index contributed by atoms with van der Waals surface area (Å²) in [6.07, 6.45) is 12.6. The summed E-state index contributed by atoms with van der Waals surface area (Å²) in [5, 5.41) is 18.1. The van der Waals surface area contributed by atoms with Crippen molar-refractivity contribution in [3.8, 4) is 0 Å². The van der Waals surface area contributed by atoms with E-state index in [9.17, 15) is 9.59 Å². The van der Waals surface area contributed by atoms with Crippen LogP contribution in [0.1, 0.15) is 91.1 Å². The van der Waals surface area contributed by atoms with Crippen molar-refractivity contribution in [2.75, 3.05) is 0 Å². The van der Waals surface area contributed by atoms with Gasteiger partial charge in [0.25, 0.3) is 0 Å². The normalized spacial score (nSPS) is 10.8. The van der Waals surface area contributed by atoms with Crippen LogP contribution in [-0.4, -0.2) is 27.1 Å². The molecule has 1 aromatic rings. The summed E-state index contributed by atoms with van der Waals surface area (Å²) in [5.41, 5.74) is 0.276. The Labute approximate surface area is 131 Å². The number of hydrogen-bond acceptors (Lipinski definition) is 2. The van der Waals surface area contributed by atoms with Gasteiger partial charge >= 0.3 is 11.9 Å². The maximum absolute atomic E-state index is 11.2. The van der Waals surface area contributed by atoms with Crippen LogP contribution in [0, 0.1) is 0 Å². The number of carbonyl (C=O) groups is 2. The van der Waals surface area contributed by atoms with Crippen molar-refractivity contribution in [3.05, 3.63) is 23.0 Å². The minimum absolute atomic E-state index is 0.0907. The summed E-state index contributed by atoms with van der Waals surface area (Å²) >= 11 is 0. The molecule has 3 N–H and O–H groups in total. The molecule has 5 heteroatoms. The van der Waals surface area contributed by atoms with Gasteiger partial charge in [0.05, 0.1) is 11.1 Å². The fourth-order valence-electron chi connectivity index (χ4n) is 2.69. The summed E-state index contributed by atoms with van der Waals surface area (Å²) in [5.74, 6) is -2.38. The summed E-state index contributed by atoms with van der Waals surface area (Å²) in [4.78, 5) is 25.0. The van der Waals surface area contributed by atoms with Crippen LogP contribution in [0.2, 0.25) is 0 Å². The minimum Gasteiger partial charge on any atom is -0.478 e. The van der Waals surface area contributed by atoms with Crippen LogP contribution in [0.5, 0.6) is 0 Å². The first-order chi connectivity index (χ1) is 10.6. The zero-order valence-electron chi connectivity index (χ0n) is 13.4. The Bertz CT molecular complexity index is 479. The number of H-pyrrole nitrogens is 1. The predicted octanol–water partition coefficient (Wildman–Crippen LogP) is 4.48. The van der Waals surface area contributed by atoms with Crippen LogP contribution in [0.3, 0.4) is 0 Å². The van der Waals surface area contributed by atoms with Crippen molar-refractivity contribution >= 4 is 11.9 Å².